The Morgan fingerprint density at radius 3 is 2.18 bits per heavy atom. The van der Waals surface area contributed by atoms with E-state index >= 15 is 0 Å². The van der Waals surface area contributed by atoms with Gasteiger partial charge in [-0.1, -0.05) is 39.0 Å². The molecule has 0 aromatic carbocycles. The molecule has 0 aromatic rings. The molecule has 0 saturated heterocycles. The van der Waals surface area contributed by atoms with Crippen LogP contribution in [0.4, 0.5) is 0 Å². The molecule has 0 rings (SSSR count). The van der Waals surface area contributed by atoms with E-state index in [4.69, 9.17) is 4.74 Å². The maximum Gasteiger partial charge on any atom is 0.331 e. The fourth-order valence-electron chi connectivity index (χ4n) is 1.31. The summed E-state index contributed by atoms with van der Waals surface area (Å²) < 4.78 is 9.26. The Hall–Kier alpha value is -1.32. The van der Waals surface area contributed by atoms with Gasteiger partial charge in [-0.3, -0.25) is 0 Å². The molecule has 0 atom stereocenters. The topological polar surface area (TPSA) is 52.6 Å². The SMILES string of the molecule is CCCCCCCCOC(=O)/C=C/C(=O)OC. The van der Waals surface area contributed by atoms with Crippen LogP contribution < -0.4 is 0 Å². The number of rotatable bonds is 9. The van der Waals surface area contributed by atoms with E-state index in [9.17, 15) is 9.59 Å². The minimum absolute atomic E-state index is 0.413. The van der Waals surface area contributed by atoms with Crippen LogP contribution in [0.25, 0.3) is 0 Å². The summed E-state index contributed by atoms with van der Waals surface area (Å²) in [5.74, 6) is -1.05. The average molecular weight is 242 g/mol. The van der Waals surface area contributed by atoms with Crippen LogP contribution in [0, 0.1) is 0 Å². The molecule has 4 heteroatoms. The lowest BCUT2D eigenvalue weighted by Crippen LogP contribution is -2.04. The second-order valence-corrected chi connectivity index (χ2v) is 3.79. The fraction of sp³-hybridized carbons (Fsp3) is 0.692. The Labute approximate surface area is 103 Å². The van der Waals surface area contributed by atoms with Gasteiger partial charge in [0.2, 0.25) is 0 Å². The first kappa shape index (κ1) is 15.7. The summed E-state index contributed by atoms with van der Waals surface area (Å²) in [5, 5.41) is 0. The van der Waals surface area contributed by atoms with Gasteiger partial charge in [0.25, 0.3) is 0 Å². The smallest absolute Gasteiger partial charge is 0.331 e. The van der Waals surface area contributed by atoms with E-state index in [0.29, 0.717) is 6.61 Å². The molecule has 4 nitrogen and oxygen atoms in total. The van der Waals surface area contributed by atoms with E-state index in [0.717, 1.165) is 25.0 Å². The minimum atomic E-state index is -0.554. The first-order valence-electron chi connectivity index (χ1n) is 6.13. The first-order valence-corrected chi connectivity index (χ1v) is 6.13. The number of ether oxygens (including phenoxy) is 2. The van der Waals surface area contributed by atoms with Crippen molar-refractivity contribution in [3.05, 3.63) is 12.2 Å². The Kier molecular flexibility index (Phi) is 10.3. The zero-order chi connectivity index (χ0) is 12.9. The quantitative estimate of drug-likeness (QED) is 0.354. The molecule has 0 fully saturated rings. The molecule has 0 aliphatic carbocycles. The molecule has 0 spiro atoms. The predicted molar refractivity (Wildman–Crippen MR) is 65.5 cm³/mol. The molecule has 0 amide bonds. The minimum Gasteiger partial charge on any atom is -0.466 e. The normalized spacial score (nSPS) is 10.5. The van der Waals surface area contributed by atoms with Crippen LogP contribution in [-0.2, 0) is 19.1 Å². The number of hydrogen-bond donors (Lipinski definition) is 0. The van der Waals surface area contributed by atoms with Gasteiger partial charge in [0, 0.05) is 12.2 Å². The van der Waals surface area contributed by atoms with Gasteiger partial charge in [0.15, 0.2) is 0 Å². The molecule has 0 aromatic heterocycles. The highest BCUT2D eigenvalue weighted by Gasteiger charge is 1.99. The number of hydrogen-bond acceptors (Lipinski definition) is 4. The van der Waals surface area contributed by atoms with Crippen LogP contribution in [0.15, 0.2) is 12.2 Å². The van der Waals surface area contributed by atoms with Crippen molar-refractivity contribution in [3.8, 4) is 0 Å². The molecule has 0 saturated carbocycles. The zero-order valence-electron chi connectivity index (χ0n) is 10.7. The monoisotopic (exact) mass is 242 g/mol. The molecule has 17 heavy (non-hydrogen) atoms. The lowest BCUT2D eigenvalue weighted by atomic mass is 10.1. The van der Waals surface area contributed by atoms with Crippen molar-refractivity contribution in [2.75, 3.05) is 13.7 Å². The van der Waals surface area contributed by atoms with Crippen LogP contribution in [0.3, 0.4) is 0 Å². The van der Waals surface area contributed by atoms with E-state index in [2.05, 4.69) is 11.7 Å². The average Bonchev–Trinajstić information content (AvgIpc) is 2.34. The van der Waals surface area contributed by atoms with Gasteiger partial charge >= 0.3 is 11.9 Å². The van der Waals surface area contributed by atoms with Gasteiger partial charge < -0.3 is 9.47 Å². The number of carbonyl (C=O) groups excluding carboxylic acids is 2. The first-order chi connectivity index (χ1) is 8.20. The summed E-state index contributed by atoms with van der Waals surface area (Å²) in [4.78, 5) is 21.8. The molecule has 98 valence electrons. The Balaban J connectivity index is 3.39. The Bertz CT molecular complexity index is 246. The van der Waals surface area contributed by atoms with Crippen molar-refractivity contribution in [2.24, 2.45) is 0 Å². The van der Waals surface area contributed by atoms with Crippen LogP contribution in [0.1, 0.15) is 45.4 Å². The lowest BCUT2D eigenvalue weighted by molar-refractivity contribution is -0.139. The fourth-order valence-corrected chi connectivity index (χ4v) is 1.31. The third kappa shape index (κ3) is 11.0. The summed E-state index contributed by atoms with van der Waals surface area (Å²) >= 11 is 0. The molecular formula is C13H22O4. The highest BCUT2D eigenvalue weighted by molar-refractivity contribution is 5.91. The highest BCUT2D eigenvalue weighted by atomic mass is 16.5. The van der Waals surface area contributed by atoms with Crippen molar-refractivity contribution < 1.29 is 19.1 Å². The van der Waals surface area contributed by atoms with Crippen molar-refractivity contribution in [1.82, 2.24) is 0 Å². The second kappa shape index (κ2) is 11.2. The van der Waals surface area contributed by atoms with Gasteiger partial charge in [0.1, 0.15) is 0 Å². The van der Waals surface area contributed by atoms with Crippen LogP contribution in [0.2, 0.25) is 0 Å². The summed E-state index contributed by atoms with van der Waals surface area (Å²) in [7, 11) is 1.26. The third-order valence-electron chi connectivity index (χ3n) is 2.30. The van der Waals surface area contributed by atoms with E-state index in [-0.39, 0.29) is 0 Å². The van der Waals surface area contributed by atoms with E-state index in [1.54, 1.807) is 0 Å². The molecule has 0 radical (unpaired) electrons. The maximum atomic E-state index is 11.1. The van der Waals surface area contributed by atoms with Gasteiger partial charge in [-0.15, -0.1) is 0 Å². The van der Waals surface area contributed by atoms with E-state index in [1.807, 2.05) is 0 Å². The van der Waals surface area contributed by atoms with Crippen molar-refractivity contribution in [3.63, 3.8) is 0 Å². The van der Waals surface area contributed by atoms with Crippen molar-refractivity contribution in [1.29, 1.82) is 0 Å². The van der Waals surface area contributed by atoms with Crippen molar-refractivity contribution >= 4 is 11.9 Å². The second-order valence-electron chi connectivity index (χ2n) is 3.79. The number of esters is 2. The van der Waals surface area contributed by atoms with Crippen molar-refractivity contribution in [2.45, 2.75) is 45.4 Å². The van der Waals surface area contributed by atoms with Gasteiger partial charge in [-0.2, -0.15) is 0 Å². The molecular weight excluding hydrogens is 220 g/mol. The Morgan fingerprint density at radius 1 is 0.941 bits per heavy atom. The maximum absolute atomic E-state index is 11.1. The van der Waals surface area contributed by atoms with E-state index in [1.165, 1.54) is 32.8 Å². The molecule has 0 bridgehead atoms. The summed E-state index contributed by atoms with van der Waals surface area (Å²) in [6.45, 7) is 2.59. The van der Waals surface area contributed by atoms with Crippen LogP contribution in [0.5, 0.6) is 0 Å². The third-order valence-corrected chi connectivity index (χ3v) is 2.30. The molecule has 0 unspecified atom stereocenters. The van der Waals surface area contributed by atoms with Gasteiger partial charge in [-0.25, -0.2) is 9.59 Å². The highest BCUT2D eigenvalue weighted by Crippen LogP contribution is 2.04. The largest absolute Gasteiger partial charge is 0.466 e. The summed E-state index contributed by atoms with van der Waals surface area (Å²) in [6, 6.07) is 0. The zero-order valence-corrected chi connectivity index (χ0v) is 10.7. The molecule has 0 aliphatic heterocycles. The predicted octanol–water partition coefficient (Wildman–Crippen LogP) is 2.62. The summed E-state index contributed by atoms with van der Waals surface area (Å²) in [6.07, 6.45) is 9.02. The van der Waals surface area contributed by atoms with E-state index < -0.39 is 11.9 Å². The van der Waals surface area contributed by atoms with Crippen LogP contribution >= 0.6 is 0 Å². The number of methoxy groups -OCH3 is 1. The van der Waals surface area contributed by atoms with Gasteiger partial charge in [0.05, 0.1) is 13.7 Å². The molecule has 0 aliphatic rings. The molecule has 0 N–H and O–H groups in total. The van der Waals surface area contributed by atoms with Gasteiger partial charge in [-0.05, 0) is 6.42 Å². The Morgan fingerprint density at radius 2 is 1.53 bits per heavy atom. The van der Waals surface area contributed by atoms with Crippen LogP contribution in [-0.4, -0.2) is 25.7 Å². The number of unbranched alkanes of at least 4 members (excludes halogenated alkanes) is 5. The number of carbonyl (C=O) groups is 2. The lowest BCUT2D eigenvalue weighted by Gasteiger charge is -2.01. The summed E-state index contributed by atoms with van der Waals surface area (Å²) in [5.41, 5.74) is 0. The standard InChI is InChI=1S/C13H22O4/c1-3-4-5-6-7-8-11-17-13(15)10-9-12(14)16-2/h9-10H,3-8,11H2,1-2H3/b10-9+. The molecule has 0 heterocycles.